The Morgan fingerprint density at radius 1 is 1.33 bits per heavy atom. The van der Waals surface area contributed by atoms with Crippen LogP contribution in [0.4, 0.5) is 4.39 Å². The lowest BCUT2D eigenvalue weighted by atomic mass is 10.2. The first-order valence-electron chi connectivity index (χ1n) is 7.42. The van der Waals surface area contributed by atoms with Crippen LogP contribution in [0.25, 0.3) is 5.78 Å². The van der Waals surface area contributed by atoms with Gasteiger partial charge >= 0.3 is 0 Å². The molecule has 8 heteroatoms. The molecule has 3 rings (SSSR count). The van der Waals surface area contributed by atoms with E-state index in [0.717, 1.165) is 11.4 Å². The van der Waals surface area contributed by atoms with E-state index in [1.54, 1.807) is 16.8 Å². The van der Waals surface area contributed by atoms with E-state index in [1.165, 1.54) is 6.07 Å². The highest BCUT2D eigenvalue weighted by Crippen LogP contribution is 2.20. The summed E-state index contributed by atoms with van der Waals surface area (Å²) in [7, 11) is 1.86. The van der Waals surface area contributed by atoms with Gasteiger partial charge in [0.2, 0.25) is 4.77 Å². The van der Waals surface area contributed by atoms with Gasteiger partial charge in [0.05, 0.1) is 6.67 Å². The topological polar surface area (TPSA) is 38.4 Å². The summed E-state index contributed by atoms with van der Waals surface area (Å²) in [6, 6.07) is 6.63. The zero-order chi connectivity index (χ0) is 17.4. The first-order valence-corrected chi connectivity index (χ1v) is 8.20. The molecule has 3 aromatic rings. The van der Waals surface area contributed by atoms with Gasteiger partial charge in [-0.25, -0.2) is 14.1 Å². The standard InChI is InChI=1S/C16H17ClFN5S/c1-10-7-11(2)23-15(19-10)20-22(16(23)24)9-21(3)8-12-13(17)5-4-6-14(12)18/h4-7H,8-9H2,1-3H3. The van der Waals surface area contributed by atoms with Gasteiger partial charge in [0, 0.05) is 28.5 Å². The van der Waals surface area contributed by atoms with E-state index in [0.29, 0.717) is 34.3 Å². The van der Waals surface area contributed by atoms with Crippen molar-refractivity contribution in [1.82, 2.24) is 24.1 Å². The zero-order valence-corrected chi connectivity index (χ0v) is 15.2. The number of hydrogen-bond acceptors (Lipinski definition) is 4. The lowest BCUT2D eigenvalue weighted by Crippen LogP contribution is -2.23. The van der Waals surface area contributed by atoms with Crippen molar-refractivity contribution in [3.8, 4) is 0 Å². The summed E-state index contributed by atoms with van der Waals surface area (Å²) in [6.45, 7) is 4.64. The number of rotatable bonds is 4. The van der Waals surface area contributed by atoms with Crippen LogP contribution in [0.3, 0.4) is 0 Å². The minimum Gasteiger partial charge on any atom is -0.283 e. The molecule has 0 N–H and O–H groups in total. The fourth-order valence-electron chi connectivity index (χ4n) is 2.66. The van der Waals surface area contributed by atoms with Gasteiger partial charge < -0.3 is 0 Å². The number of halogens is 2. The second-order valence-corrected chi connectivity index (χ2v) is 6.58. The van der Waals surface area contributed by atoms with Crippen LogP contribution in [0.15, 0.2) is 24.3 Å². The van der Waals surface area contributed by atoms with Gasteiger partial charge in [0.1, 0.15) is 5.82 Å². The summed E-state index contributed by atoms with van der Waals surface area (Å²) >= 11 is 11.6. The molecule has 0 saturated heterocycles. The highest BCUT2D eigenvalue weighted by molar-refractivity contribution is 7.71. The molecule has 126 valence electrons. The quantitative estimate of drug-likeness (QED) is 0.660. The molecule has 0 radical (unpaired) electrons. The van der Waals surface area contributed by atoms with Crippen LogP contribution in [0.1, 0.15) is 17.0 Å². The molecule has 5 nitrogen and oxygen atoms in total. The Labute approximate surface area is 149 Å². The van der Waals surface area contributed by atoms with Crippen molar-refractivity contribution in [2.75, 3.05) is 7.05 Å². The monoisotopic (exact) mass is 365 g/mol. The molecular formula is C16H17ClFN5S. The Hall–Kier alpha value is -1.83. The Bertz CT molecular complexity index is 945. The van der Waals surface area contributed by atoms with Crippen LogP contribution in [-0.4, -0.2) is 31.1 Å². The molecule has 0 aliphatic heterocycles. The normalized spacial score (nSPS) is 11.6. The number of aryl methyl sites for hydroxylation is 2. The number of aromatic nitrogens is 4. The third kappa shape index (κ3) is 3.19. The number of hydrogen-bond donors (Lipinski definition) is 0. The largest absolute Gasteiger partial charge is 0.283 e. The van der Waals surface area contributed by atoms with Crippen molar-refractivity contribution >= 4 is 29.6 Å². The third-order valence-corrected chi connectivity index (χ3v) is 4.48. The van der Waals surface area contributed by atoms with Crippen LogP contribution in [-0.2, 0) is 13.2 Å². The van der Waals surface area contributed by atoms with Gasteiger partial charge in [-0.3, -0.25) is 9.30 Å². The minimum absolute atomic E-state index is 0.318. The Kier molecular flexibility index (Phi) is 4.67. The van der Waals surface area contributed by atoms with Gasteiger partial charge in [-0.15, -0.1) is 5.10 Å². The van der Waals surface area contributed by atoms with Crippen LogP contribution in [0.5, 0.6) is 0 Å². The third-order valence-electron chi connectivity index (χ3n) is 3.73. The molecule has 1 aromatic carbocycles. The Morgan fingerprint density at radius 2 is 2.08 bits per heavy atom. The lowest BCUT2D eigenvalue weighted by molar-refractivity contribution is 0.241. The fourth-order valence-corrected chi connectivity index (χ4v) is 3.21. The summed E-state index contributed by atoms with van der Waals surface area (Å²) < 4.78 is 18.0. The molecule has 0 aliphatic carbocycles. The number of fused-ring (bicyclic) bond motifs is 1. The molecule has 2 heterocycles. The molecule has 2 aromatic heterocycles. The summed E-state index contributed by atoms with van der Waals surface area (Å²) in [6.07, 6.45) is 0. The van der Waals surface area contributed by atoms with Gasteiger partial charge in [0.25, 0.3) is 5.78 Å². The maximum absolute atomic E-state index is 13.9. The van der Waals surface area contributed by atoms with Crippen molar-refractivity contribution in [2.24, 2.45) is 0 Å². The molecule has 0 bridgehead atoms. The van der Waals surface area contributed by atoms with Crippen molar-refractivity contribution in [2.45, 2.75) is 27.1 Å². The van der Waals surface area contributed by atoms with E-state index in [2.05, 4.69) is 10.1 Å². The molecule has 24 heavy (non-hydrogen) atoms. The molecule has 0 atom stereocenters. The van der Waals surface area contributed by atoms with E-state index in [1.807, 2.05) is 36.3 Å². The molecule has 0 fully saturated rings. The first-order chi connectivity index (χ1) is 11.4. The van der Waals surface area contributed by atoms with Gasteiger partial charge in [-0.1, -0.05) is 17.7 Å². The van der Waals surface area contributed by atoms with E-state index in [4.69, 9.17) is 23.8 Å². The second kappa shape index (κ2) is 6.58. The SMILES string of the molecule is Cc1cc(C)n2c(=S)n(CN(C)Cc3c(F)cccc3Cl)nc2n1. The van der Waals surface area contributed by atoms with Crippen molar-refractivity contribution in [1.29, 1.82) is 0 Å². The smallest absolute Gasteiger partial charge is 0.254 e. The van der Waals surface area contributed by atoms with Crippen molar-refractivity contribution in [3.63, 3.8) is 0 Å². The zero-order valence-electron chi connectivity index (χ0n) is 13.6. The average molecular weight is 366 g/mol. The minimum atomic E-state index is -0.318. The van der Waals surface area contributed by atoms with Crippen LogP contribution < -0.4 is 0 Å². The van der Waals surface area contributed by atoms with Crippen molar-refractivity contribution < 1.29 is 4.39 Å². The predicted molar refractivity (Wildman–Crippen MR) is 94.2 cm³/mol. The Morgan fingerprint density at radius 3 is 2.79 bits per heavy atom. The van der Waals surface area contributed by atoms with E-state index < -0.39 is 0 Å². The first kappa shape index (κ1) is 17.0. The lowest BCUT2D eigenvalue weighted by Gasteiger charge is -2.17. The van der Waals surface area contributed by atoms with Crippen LogP contribution >= 0.6 is 23.8 Å². The molecule has 0 saturated carbocycles. The maximum atomic E-state index is 13.9. The number of benzene rings is 1. The summed E-state index contributed by atoms with van der Waals surface area (Å²) in [4.78, 5) is 6.30. The number of nitrogens with zero attached hydrogens (tertiary/aromatic N) is 5. The van der Waals surface area contributed by atoms with Gasteiger partial charge in [0.15, 0.2) is 0 Å². The molecule has 0 spiro atoms. The molecular weight excluding hydrogens is 349 g/mol. The van der Waals surface area contributed by atoms with Crippen LogP contribution in [0.2, 0.25) is 5.02 Å². The van der Waals surface area contributed by atoms with Crippen LogP contribution in [0, 0.1) is 24.4 Å². The van der Waals surface area contributed by atoms with E-state index in [-0.39, 0.29) is 5.82 Å². The van der Waals surface area contributed by atoms with E-state index >= 15 is 0 Å². The average Bonchev–Trinajstić information content (AvgIpc) is 2.79. The maximum Gasteiger partial charge on any atom is 0.254 e. The Balaban J connectivity index is 1.89. The van der Waals surface area contributed by atoms with Crippen molar-refractivity contribution in [3.05, 3.63) is 56.8 Å². The summed E-state index contributed by atoms with van der Waals surface area (Å²) in [5.74, 6) is 0.246. The summed E-state index contributed by atoms with van der Waals surface area (Å²) in [5, 5.41) is 4.87. The second-order valence-electron chi connectivity index (χ2n) is 5.81. The predicted octanol–water partition coefficient (Wildman–Crippen LogP) is 3.76. The van der Waals surface area contributed by atoms with Gasteiger partial charge in [-0.2, -0.15) is 0 Å². The highest BCUT2D eigenvalue weighted by atomic mass is 35.5. The molecule has 0 aliphatic rings. The summed E-state index contributed by atoms with van der Waals surface area (Å²) in [5.41, 5.74) is 2.33. The van der Waals surface area contributed by atoms with E-state index in [9.17, 15) is 4.39 Å². The van der Waals surface area contributed by atoms with Gasteiger partial charge in [-0.05, 0) is 51.3 Å². The fraction of sp³-hybridized carbons (Fsp3) is 0.312. The molecule has 0 unspecified atom stereocenters. The highest BCUT2D eigenvalue weighted by Gasteiger charge is 2.13. The molecule has 0 amide bonds.